The van der Waals surface area contributed by atoms with Gasteiger partial charge in [0.2, 0.25) is 5.91 Å². The SMILES string of the molecule is Cc1cc(F)ccc1CC1NCCCC1C(N)=O. The molecule has 3 nitrogen and oxygen atoms in total. The van der Waals surface area contributed by atoms with E-state index in [1.54, 1.807) is 6.07 Å². The van der Waals surface area contributed by atoms with E-state index in [9.17, 15) is 9.18 Å². The Morgan fingerprint density at radius 2 is 2.33 bits per heavy atom. The van der Waals surface area contributed by atoms with Crippen molar-refractivity contribution in [1.29, 1.82) is 0 Å². The minimum atomic E-state index is -0.244. The highest BCUT2D eigenvalue weighted by Crippen LogP contribution is 2.21. The average Bonchev–Trinajstić information content (AvgIpc) is 2.33. The molecule has 2 rings (SSSR count). The predicted molar refractivity (Wildman–Crippen MR) is 68.6 cm³/mol. The number of rotatable bonds is 3. The summed E-state index contributed by atoms with van der Waals surface area (Å²) in [6.45, 7) is 2.80. The van der Waals surface area contributed by atoms with Crippen LogP contribution in [0.4, 0.5) is 4.39 Å². The zero-order chi connectivity index (χ0) is 13.1. The lowest BCUT2D eigenvalue weighted by Gasteiger charge is -2.31. The summed E-state index contributed by atoms with van der Waals surface area (Å²) in [5.41, 5.74) is 7.43. The number of nitrogens with one attached hydrogen (secondary N) is 1. The zero-order valence-electron chi connectivity index (χ0n) is 10.6. The number of nitrogens with two attached hydrogens (primary N) is 1. The van der Waals surface area contributed by atoms with Crippen LogP contribution in [0.1, 0.15) is 24.0 Å². The second kappa shape index (κ2) is 5.48. The molecule has 0 spiro atoms. The molecule has 1 heterocycles. The van der Waals surface area contributed by atoms with Gasteiger partial charge in [-0.3, -0.25) is 4.79 Å². The fourth-order valence-electron chi connectivity index (χ4n) is 2.63. The third-order valence-corrected chi connectivity index (χ3v) is 3.69. The van der Waals surface area contributed by atoms with E-state index in [0.717, 1.165) is 36.9 Å². The summed E-state index contributed by atoms with van der Waals surface area (Å²) in [5, 5.41) is 3.35. The van der Waals surface area contributed by atoms with E-state index in [1.165, 1.54) is 12.1 Å². The Kier molecular flexibility index (Phi) is 3.97. The van der Waals surface area contributed by atoms with Gasteiger partial charge in [0.05, 0.1) is 5.92 Å². The van der Waals surface area contributed by atoms with Gasteiger partial charge in [-0.05, 0) is 56.0 Å². The Morgan fingerprint density at radius 3 is 3.00 bits per heavy atom. The molecule has 1 aromatic carbocycles. The zero-order valence-corrected chi connectivity index (χ0v) is 10.6. The largest absolute Gasteiger partial charge is 0.369 e. The number of primary amides is 1. The maximum atomic E-state index is 13.0. The Balaban J connectivity index is 2.13. The van der Waals surface area contributed by atoms with E-state index in [0.29, 0.717) is 0 Å². The van der Waals surface area contributed by atoms with Crippen molar-refractivity contribution in [3.8, 4) is 0 Å². The molecule has 98 valence electrons. The van der Waals surface area contributed by atoms with Crippen LogP contribution in [0.3, 0.4) is 0 Å². The summed E-state index contributed by atoms with van der Waals surface area (Å²) in [5.74, 6) is -0.588. The molecule has 0 aromatic heterocycles. The van der Waals surface area contributed by atoms with Crippen molar-refractivity contribution in [2.45, 2.75) is 32.2 Å². The lowest BCUT2D eigenvalue weighted by molar-refractivity contribution is -0.123. The first-order chi connectivity index (χ1) is 8.58. The standard InChI is InChI=1S/C14H19FN2O/c1-9-7-11(15)5-4-10(9)8-13-12(14(16)18)3-2-6-17-13/h4-5,7,12-13,17H,2-3,6,8H2,1H3,(H2,16,18). The van der Waals surface area contributed by atoms with Crippen LogP contribution < -0.4 is 11.1 Å². The Morgan fingerprint density at radius 1 is 1.56 bits per heavy atom. The van der Waals surface area contributed by atoms with Crippen molar-refractivity contribution in [3.05, 3.63) is 35.1 Å². The number of carbonyl (C=O) groups excluding carboxylic acids is 1. The molecule has 1 aromatic rings. The second-order valence-corrected chi connectivity index (χ2v) is 4.99. The van der Waals surface area contributed by atoms with Crippen molar-refractivity contribution < 1.29 is 9.18 Å². The van der Waals surface area contributed by atoms with Crippen molar-refractivity contribution in [2.24, 2.45) is 11.7 Å². The van der Waals surface area contributed by atoms with Gasteiger partial charge in [0.15, 0.2) is 0 Å². The molecule has 0 radical (unpaired) electrons. The number of aryl methyl sites for hydroxylation is 1. The molecular weight excluding hydrogens is 231 g/mol. The van der Waals surface area contributed by atoms with E-state index >= 15 is 0 Å². The highest BCUT2D eigenvalue weighted by Gasteiger charge is 2.29. The quantitative estimate of drug-likeness (QED) is 0.854. The van der Waals surface area contributed by atoms with E-state index in [-0.39, 0.29) is 23.7 Å². The first kappa shape index (κ1) is 13.0. The topological polar surface area (TPSA) is 55.1 Å². The van der Waals surface area contributed by atoms with Crippen LogP contribution in [0.2, 0.25) is 0 Å². The van der Waals surface area contributed by atoms with Gasteiger partial charge in [0.1, 0.15) is 5.82 Å². The summed E-state index contributed by atoms with van der Waals surface area (Å²) >= 11 is 0. The molecular formula is C14H19FN2O. The maximum absolute atomic E-state index is 13.0. The first-order valence-corrected chi connectivity index (χ1v) is 6.35. The van der Waals surface area contributed by atoms with Gasteiger partial charge in [-0.25, -0.2) is 4.39 Å². The lowest BCUT2D eigenvalue weighted by atomic mass is 9.85. The van der Waals surface area contributed by atoms with Gasteiger partial charge in [-0.15, -0.1) is 0 Å². The number of carbonyl (C=O) groups is 1. The molecule has 2 unspecified atom stereocenters. The van der Waals surface area contributed by atoms with Crippen LogP contribution in [0.25, 0.3) is 0 Å². The highest BCUT2D eigenvalue weighted by molar-refractivity contribution is 5.77. The highest BCUT2D eigenvalue weighted by atomic mass is 19.1. The average molecular weight is 250 g/mol. The van der Waals surface area contributed by atoms with Crippen LogP contribution in [0.15, 0.2) is 18.2 Å². The molecule has 4 heteroatoms. The number of piperidine rings is 1. The maximum Gasteiger partial charge on any atom is 0.222 e. The van der Waals surface area contributed by atoms with Crippen LogP contribution in [-0.4, -0.2) is 18.5 Å². The molecule has 3 N–H and O–H groups in total. The third-order valence-electron chi connectivity index (χ3n) is 3.69. The second-order valence-electron chi connectivity index (χ2n) is 4.99. The summed E-state index contributed by atoms with van der Waals surface area (Å²) < 4.78 is 13.0. The molecule has 2 atom stereocenters. The molecule has 1 amide bonds. The fourth-order valence-corrected chi connectivity index (χ4v) is 2.63. The third kappa shape index (κ3) is 2.88. The Hall–Kier alpha value is -1.42. The first-order valence-electron chi connectivity index (χ1n) is 6.35. The summed E-state index contributed by atoms with van der Waals surface area (Å²) in [4.78, 5) is 11.4. The van der Waals surface area contributed by atoms with Gasteiger partial charge in [0, 0.05) is 6.04 Å². The molecule has 1 fully saturated rings. The van der Waals surface area contributed by atoms with Crippen LogP contribution in [-0.2, 0) is 11.2 Å². The number of benzene rings is 1. The minimum absolute atomic E-state index is 0.0698. The van der Waals surface area contributed by atoms with E-state index in [1.807, 2.05) is 6.92 Å². The molecule has 18 heavy (non-hydrogen) atoms. The van der Waals surface area contributed by atoms with Gasteiger partial charge in [-0.2, -0.15) is 0 Å². The van der Waals surface area contributed by atoms with E-state index in [2.05, 4.69) is 5.32 Å². The predicted octanol–water partition coefficient (Wildman–Crippen LogP) is 1.53. The molecule has 1 aliphatic rings. The Bertz CT molecular complexity index is 447. The van der Waals surface area contributed by atoms with Crippen molar-refractivity contribution in [2.75, 3.05) is 6.54 Å². The molecule has 0 bridgehead atoms. The monoisotopic (exact) mass is 250 g/mol. The van der Waals surface area contributed by atoms with E-state index < -0.39 is 0 Å². The van der Waals surface area contributed by atoms with Crippen molar-refractivity contribution in [3.63, 3.8) is 0 Å². The van der Waals surface area contributed by atoms with Crippen LogP contribution in [0.5, 0.6) is 0 Å². The van der Waals surface area contributed by atoms with Crippen molar-refractivity contribution in [1.82, 2.24) is 5.32 Å². The molecule has 1 aliphatic heterocycles. The lowest BCUT2D eigenvalue weighted by Crippen LogP contribution is -2.48. The minimum Gasteiger partial charge on any atom is -0.369 e. The van der Waals surface area contributed by atoms with Gasteiger partial charge in [0.25, 0.3) is 0 Å². The summed E-state index contributed by atoms with van der Waals surface area (Å²) in [6, 6.07) is 4.85. The smallest absolute Gasteiger partial charge is 0.222 e. The fraction of sp³-hybridized carbons (Fsp3) is 0.500. The molecule has 0 aliphatic carbocycles. The van der Waals surface area contributed by atoms with Gasteiger partial charge < -0.3 is 11.1 Å². The number of halogens is 1. The summed E-state index contributed by atoms with van der Waals surface area (Å²) in [6.07, 6.45) is 2.54. The molecule has 1 saturated heterocycles. The van der Waals surface area contributed by atoms with Gasteiger partial charge in [-0.1, -0.05) is 6.07 Å². The number of hydrogen-bond acceptors (Lipinski definition) is 2. The normalized spacial score (nSPS) is 23.9. The van der Waals surface area contributed by atoms with Gasteiger partial charge >= 0.3 is 0 Å². The van der Waals surface area contributed by atoms with Crippen LogP contribution in [0, 0.1) is 18.7 Å². The number of hydrogen-bond donors (Lipinski definition) is 2. The van der Waals surface area contributed by atoms with E-state index in [4.69, 9.17) is 5.73 Å². The van der Waals surface area contributed by atoms with Crippen molar-refractivity contribution >= 4 is 5.91 Å². The summed E-state index contributed by atoms with van der Waals surface area (Å²) in [7, 11) is 0. The van der Waals surface area contributed by atoms with Crippen LogP contribution >= 0.6 is 0 Å². The Labute approximate surface area is 107 Å². The number of amides is 1. The molecule has 0 saturated carbocycles.